The van der Waals surface area contributed by atoms with Crippen LogP contribution >= 0.6 is 0 Å². The van der Waals surface area contributed by atoms with E-state index in [-0.39, 0.29) is 29.7 Å². The summed E-state index contributed by atoms with van der Waals surface area (Å²) in [7, 11) is 0. The Balaban J connectivity index is 1.32. The van der Waals surface area contributed by atoms with Crippen LogP contribution in [0, 0.1) is 18.8 Å². The molecule has 0 saturated heterocycles. The highest BCUT2D eigenvalue weighted by atomic mass is 19.4. The number of Topliss-reactive ketones (excluding diaryl/α,β-unsaturated/α-hetero) is 1. The van der Waals surface area contributed by atoms with Crippen molar-refractivity contribution >= 4 is 28.6 Å². The zero-order valence-electron chi connectivity index (χ0n) is 22.0. The molecule has 204 valence electrons. The Kier molecular flexibility index (Phi) is 7.13. The second kappa shape index (κ2) is 10.4. The fraction of sp³-hybridized carbons (Fsp3) is 0.414. The minimum absolute atomic E-state index is 0.00788. The number of fused-ring (bicyclic) bond motifs is 1. The topological polar surface area (TPSA) is 88.7 Å². The van der Waals surface area contributed by atoms with E-state index in [0.29, 0.717) is 34.9 Å². The molecule has 3 heterocycles. The van der Waals surface area contributed by atoms with Crippen molar-refractivity contribution in [1.82, 2.24) is 19.7 Å². The molecule has 1 N–H and O–H groups in total. The van der Waals surface area contributed by atoms with Gasteiger partial charge in [-0.05, 0) is 56.2 Å². The second-order valence-electron chi connectivity index (χ2n) is 10.6. The SMILES string of the molecule is Cc1cc(Cc2nccn3c(C4=CCN=C4C(F)(F)F)cnc23)ccc1C(=O)N[C@H](C)C(=O)C1CC[C@@H](C)C1. The van der Waals surface area contributed by atoms with E-state index in [1.807, 2.05) is 19.1 Å². The number of benzene rings is 1. The molecule has 1 aliphatic heterocycles. The molecular weight excluding hydrogens is 507 g/mol. The van der Waals surface area contributed by atoms with Crippen LogP contribution in [-0.2, 0) is 11.2 Å². The number of aliphatic imine (C=N–C) groups is 1. The normalized spacial score (nSPS) is 20.2. The van der Waals surface area contributed by atoms with Gasteiger partial charge in [0.25, 0.3) is 5.91 Å². The molecule has 5 rings (SSSR count). The van der Waals surface area contributed by atoms with Gasteiger partial charge < -0.3 is 5.32 Å². The monoisotopic (exact) mass is 537 g/mol. The molecule has 0 radical (unpaired) electrons. The number of hydrogen-bond donors (Lipinski definition) is 1. The van der Waals surface area contributed by atoms with E-state index in [4.69, 9.17) is 0 Å². The number of nitrogens with zero attached hydrogens (tertiary/aromatic N) is 4. The third-order valence-corrected chi connectivity index (χ3v) is 7.62. The highest BCUT2D eigenvalue weighted by Crippen LogP contribution is 2.33. The van der Waals surface area contributed by atoms with Gasteiger partial charge in [0.2, 0.25) is 0 Å². The maximum absolute atomic E-state index is 13.4. The maximum atomic E-state index is 13.4. The van der Waals surface area contributed by atoms with E-state index in [0.717, 1.165) is 30.4 Å². The molecule has 1 saturated carbocycles. The molecule has 1 unspecified atom stereocenters. The molecule has 39 heavy (non-hydrogen) atoms. The Bertz CT molecular complexity index is 1500. The lowest BCUT2D eigenvalue weighted by Gasteiger charge is -2.18. The average molecular weight is 538 g/mol. The summed E-state index contributed by atoms with van der Waals surface area (Å²) >= 11 is 0. The van der Waals surface area contributed by atoms with Gasteiger partial charge >= 0.3 is 6.18 Å². The van der Waals surface area contributed by atoms with Crippen LogP contribution in [-0.4, -0.2) is 50.5 Å². The molecule has 1 amide bonds. The van der Waals surface area contributed by atoms with Crippen molar-refractivity contribution in [3.8, 4) is 0 Å². The van der Waals surface area contributed by atoms with E-state index >= 15 is 0 Å². The number of allylic oxidation sites excluding steroid dienone is 1. The number of ketones is 1. The lowest BCUT2D eigenvalue weighted by Crippen LogP contribution is -2.41. The van der Waals surface area contributed by atoms with Gasteiger partial charge in [0.1, 0.15) is 5.71 Å². The first-order valence-corrected chi connectivity index (χ1v) is 13.1. The Morgan fingerprint density at radius 2 is 2.00 bits per heavy atom. The van der Waals surface area contributed by atoms with Gasteiger partial charge in [0.15, 0.2) is 11.4 Å². The van der Waals surface area contributed by atoms with Gasteiger partial charge in [-0.15, -0.1) is 0 Å². The Morgan fingerprint density at radius 1 is 1.21 bits per heavy atom. The highest BCUT2D eigenvalue weighted by Gasteiger charge is 2.40. The minimum Gasteiger partial charge on any atom is -0.342 e. The second-order valence-corrected chi connectivity index (χ2v) is 10.6. The number of nitrogens with one attached hydrogen (secondary N) is 1. The van der Waals surface area contributed by atoms with Crippen molar-refractivity contribution in [3.63, 3.8) is 0 Å². The van der Waals surface area contributed by atoms with Crippen LogP contribution in [0.2, 0.25) is 0 Å². The molecule has 2 aliphatic rings. The van der Waals surface area contributed by atoms with E-state index in [1.165, 1.54) is 18.5 Å². The maximum Gasteiger partial charge on any atom is 0.433 e. The molecule has 1 fully saturated rings. The number of hydrogen-bond acceptors (Lipinski definition) is 5. The minimum atomic E-state index is -4.55. The molecule has 0 bridgehead atoms. The van der Waals surface area contributed by atoms with Crippen molar-refractivity contribution in [2.75, 3.05) is 6.54 Å². The van der Waals surface area contributed by atoms with Gasteiger partial charge in [-0.1, -0.05) is 25.1 Å². The predicted octanol–water partition coefficient (Wildman–Crippen LogP) is 5.15. The zero-order chi connectivity index (χ0) is 27.9. The van der Waals surface area contributed by atoms with Crippen LogP contribution < -0.4 is 5.32 Å². The van der Waals surface area contributed by atoms with Gasteiger partial charge in [-0.2, -0.15) is 13.2 Å². The molecule has 3 aromatic rings. The van der Waals surface area contributed by atoms with E-state index < -0.39 is 17.9 Å². The molecule has 1 aliphatic carbocycles. The first kappa shape index (κ1) is 26.8. The van der Waals surface area contributed by atoms with E-state index in [9.17, 15) is 22.8 Å². The third-order valence-electron chi connectivity index (χ3n) is 7.62. The molecule has 0 spiro atoms. The number of alkyl halides is 3. The van der Waals surface area contributed by atoms with Crippen LogP contribution in [0.4, 0.5) is 13.2 Å². The van der Waals surface area contributed by atoms with Crippen LogP contribution in [0.5, 0.6) is 0 Å². The number of aromatic nitrogens is 3. The van der Waals surface area contributed by atoms with Gasteiger partial charge in [0.05, 0.1) is 30.2 Å². The number of aryl methyl sites for hydroxylation is 1. The fourth-order valence-electron chi connectivity index (χ4n) is 5.62. The van der Waals surface area contributed by atoms with Crippen molar-refractivity contribution < 1.29 is 22.8 Å². The number of rotatable bonds is 7. The molecule has 1 aromatic carbocycles. The Hall–Kier alpha value is -3.82. The summed E-state index contributed by atoms with van der Waals surface area (Å²) in [4.78, 5) is 38.1. The summed E-state index contributed by atoms with van der Waals surface area (Å²) in [6.07, 6.45) is 4.59. The molecule has 10 heteroatoms. The predicted molar refractivity (Wildman–Crippen MR) is 142 cm³/mol. The summed E-state index contributed by atoms with van der Waals surface area (Å²) in [5.41, 5.74) is 2.56. The number of halogens is 3. The van der Waals surface area contributed by atoms with Crippen molar-refractivity contribution in [2.45, 2.75) is 58.7 Å². The third kappa shape index (κ3) is 5.37. The molecule has 7 nitrogen and oxygen atoms in total. The molecule has 3 atom stereocenters. The fourth-order valence-corrected chi connectivity index (χ4v) is 5.62. The summed E-state index contributed by atoms with van der Waals surface area (Å²) in [6.45, 7) is 5.69. The van der Waals surface area contributed by atoms with Crippen molar-refractivity contribution in [2.24, 2.45) is 16.8 Å². The van der Waals surface area contributed by atoms with Gasteiger partial charge in [-0.3, -0.25) is 24.0 Å². The Morgan fingerprint density at radius 3 is 2.69 bits per heavy atom. The summed E-state index contributed by atoms with van der Waals surface area (Å²) in [6, 6.07) is 4.86. The van der Waals surface area contributed by atoms with Crippen LogP contribution in [0.1, 0.15) is 66.0 Å². The first-order valence-electron chi connectivity index (χ1n) is 13.1. The molecular formula is C29H30F3N5O2. The first-order chi connectivity index (χ1) is 18.5. The van der Waals surface area contributed by atoms with E-state index in [2.05, 4.69) is 27.2 Å². The van der Waals surface area contributed by atoms with Crippen LogP contribution in [0.3, 0.4) is 0 Å². The van der Waals surface area contributed by atoms with Crippen molar-refractivity contribution in [3.05, 3.63) is 70.9 Å². The zero-order valence-corrected chi connectivity index (χ0v) is 22.0. The number of carbonyl (C=O) groups is 2. The summed E-state index contributed by atoms with van der Waals surface area (Å²) in [5, 5.41) is 2.86. The smallest absolute Gasteiger partial charge is 0.342 e. The Labute approximate surface area is 224 Å². The number of amides is 1. The quantitative estimate of drug-likeness (QED) is 0.451. The average Bonchev–Trinajstić information content (AvgIpc) is 3.62. The summed E-state index contributed by atoms with van der Waals surface area (Å²) < 4.78 is 41.9. The van der Waals surface area contributed by atoms with Crippen LogP contribution in [0.25, 0.3) is 11.2 Å². The van der Waals surface area contributed by atoms with Crippen molar-refractivity contribution in [1.29, 1.82) is 0 Å². The molecule has 2 aromatic heterocycles. The van der Waals surface area contributed by atoms with Gasteiger partial charge in [0, 0.05) is 35.9 Å². The lowest BCUT2D eigenvalue weighted by molar-refractivity contribution is -0.124. The number of carbonyl (C=O) groups excluding carboxylic acids is 2. The number of imidazole rings is 1. The van der Waals surface area contributed by atoms with Crippen LogP contribution in [0.15, 0.2) is 47.9 Å². The largest absolute Gasteiger partial charge is 0.433 e. The summed E-state index contributed by atoms with van der Waals surface area (Å²) in [5.74, 6) is 0.337. The highest BCUT2D eigenvalue weighted by molar-refractivity contribution is 6.27. The van der Waals surface area contributed by atoms with E-state index in [1.54, 1.807) is 23.6 Å². The lowest BCUT2D eigenvalue weighted by atomic mass is 9.96. The van der Waals surface area contributed by atoms with Gasteiger partial charge in [-0.25, -0.2) is 4.98 Å². The standard InChI is InChI=1S/C29H30F3N5O2/c1-16-4-6-20(12-16)25(38)18(3)36-28(39)21-7-5-19(13-17(21)2)14-23-27-35-15-24(37(27)11-10-33-23)22-8-9-34-26(22)29(30,31)32/h5,7-8,10-11,13,15-16,18,20H,4,6,9,12,14H2,1-3H3,(H,36,39)/t16-,18-,20?/m1/s1.